The Kier molecular flexibility index (Phi) is 7.26. The minimum atomic E-state index is -0.460. The number of carbonyl (C=O) groups is 1. The van der Waals surface area contributed by atoms with Crippen molar-refractivity contribution in [1.82, 2.24) is 19.9 Å². The van der Waals surface area contributed by atoms with E-state index in [-0.39, 0.29) is 11.6 Å². The molecule has 0 fully saturated rings. The Morgan fingerprint density at radius 3 is 1.88 bits per heavy atom. The van der Waals surface area contributed by atoms with Crippen molar-refractivity contribution in [1.29, 1.82) is 0 Å². The van der Waals surface area contributed by atoms with Gasteiger partial charge in [0.1, 0.15) is 0 Å². The third-order valence-electron chi connectivity index (χ3n) is 8.53. The molecule has 3 aromatic heterocycles. The molecule has 1 amide bonds. The van der Waals surface area contributed by atoms with Gasteiger partial charge in [-0.25, -0.2) is 9.97 Å². The fourth-order valence-electron chi connectivity index (χ4n) is 6.37. The number of hydrogen-bond donors (Lipinski definition) is 2. The van der Waals surface area contributed by atoms with E-state index in [9.17, 15) is 14.9 Å². The van der Waals surface area contributed by atoms with Gasteiger partial charge in [-0.05, 0) is 77.9 Å². The van der Waals surface area contributed by atoms with Gasteiger partial charge in [-0.1, -0.05) is 60.7 Å². The van der Waals surface area contributed by atoms with Crippen LogP contribution in [0, 0.1) is 10.1 Å². The van der Waals surface area contributed by atoms with E-state index in [0.717, 1.165) is 50.2 Å². The van der Waals surface area contributed by atoms with Crippen LogP contribution in [-0.2, 0) is 4.79 Å². The van der Waals surface area contributed by atoms with E-state index >= 15 is 0 Å². The molecule has 0 saturated heterocycles. The lowest BCUT2D eigenvalue weighted by Crippen LogP contribution is -2.23. The number of amides is 1. The number of aromatic amines is 2. The molecule has 9 nitrogen and oxygen atoms in total. The minimum absolute atomic E-state index is 0.0699. The molecule has 2 aliphatic rings. The second-order valence-corrected chi connectivity index (χ2v) is 11.7. The van der Waals surface area contributed by atoms with Crippen molar-refractivity contribution in [2.24, 2.45) is 0 Å². The zero-order valence-electron chi connectivity index (χ0n) is 26.3. The number of carbonyl (C=O) groups excluding carboxylic acids is 1. The van der Waals surface area contributed by atoms with Crippen LogP contribution in [0.3, 0.4) is 0 Å². The molecule has 9 heteroatoms. The largest absolute Gasteiger partial charge is 0.355 e. The highest BCUT2D eigenvalue weighted by molar-refractivity contribution is 6.07. The van der Waals surface area contributed by atoms with Crippen LogP contribution in [0.1, 0.15) is 29.7 Å². The molecule has 236 valence electrons. The van der Waals surface area contributed by atoms with Gasteiger partial charge in [0.25, 0.3) is 5.69 Å². The number of nitrogens with one attached hydrogen (secondary N) is 2. The van der Waals surface area contributed by atoms with Crippen molar-refractivity contribution in [3.63, 3.8) is 0 Å². The molecule has 0 aliphatic carbocycles. The average molecular weight is 641 g/mol. The first-order valence-electron chi connectivity index (χ1n) is 15.7. The smallest absolute Gasteiger partial charge is 0.269 e. The van der Waals surface area contributed by atoms with E-state index in [1.807, 2.05) is 115 Å². The number of aromatic nitrogens is 4. The van der Waals surface area contributed by atoms with E-state index < -0.39 is 4.92 Å². The molecule has 2 N–H and O–H groups in total. The molecular weight excluding hydrogens is 612 g/mol. The zero-order chi connectivity index (χ0) is 33.5. The standard InChI is InChI=1S/C40H28N6O3/c1-25(47)45(30-14-16-31(17-15-30)46(48)49)40-36-22-20-34(43-36)38(26-8-4-2-5-9-26)32-18-12-28(41-32)24-29-13-19-33(42-29)39(27-10-6-3-7-11-27)35-21-23-37(40)44-35/h2-24,41,44H,1H3. The molecule has 2 aliphatic heterocycles. The molecule has 3 aromatic carbocycles. The zero-order valence-corrected chi connectivity index (χ0v) is 26.3. The summed E-state index contributed by atoms with van der Waals surface area (Å²) >= 11 is 0. The SMILES string of the molecule is CC(=O)N(c1ccc([N+](=O)[O-])cc1)c1c2nc(c(-c3ccccc3)c3ccc(cc4nc(c(-c5ccccc5)c5ccc1[nH]5)C=C4)[nH]3)C=C2. The number of anilines is 2. The van der Waals surface area contributed by atoms with Gasteiger partial charge >= 0.3 is 0 Å². The molecule has 5 heterocycles. The van der Waals surface area contributed by atoms with Crippen LogP contribution in [0.5, 0.6) is 0 Å². The summed E-state index contributed by atoms with van der Waals surface area (Å²) in [4.78, 5) is 43.5. The van der Waals surface area contributed by atoms with Crippen molar-refractivity contribution >= 4 is 69.3 Å². The number of rotatable bonds is 5. The second kappa shape index (κ2) is 12.1. The van der Waals surface area contributed by atoms with E-state index in [1.54, 1.807) is 17.0 Å². The van der Waals surface area contributed by atoms with E-state index in [4.69, 9.17) is 9.97 Å². The monoisotopic (exact) mass is 640 g/mol. The molecule has 0 spiro atoms. The van der Waals surface area contributed by atoms with Gasteiger partial charge in [0.2, 0.25) is 5.91 Å². The lowest BCUT2D eigenvalue weighted by atomic mass is 10.0. The Bertz CT molecular complexity index is 2460. The predicted molar refractivity (Wildman–Crippen MR) is 196 cm³/mol. The lowest BCUT2D eigenvalue weighted by Gasteiger charge is -2.22. The Balaban J connectivity index is 1.52. The third-order valence-corrected chi connectivity index (χ3v) is 8.53. The molecule has 0 saturated carbocycles. The fourth-order valence-corrected chi connectivity index (χ4v) is 6.37. The molecule has 0 unspecified atom stereocenters. The summed E-state index contributed by atoms with van der Waals surface area (Å²) in [5, 5.41) is 11.5. The van der Waals surface area contributed by atoms with Crippen molar-refractivity contribution in [2.75, 3.05) is 4.90 Å². The van der Waals surface area contributed by atoms with Crippen LogP contribution in [0.2, 0.25) is 0 Å². The molecule has 8 bridgehead atoms. The minimum Gasteiger partial charge on any atom is -0.355 e. The molecule has 0 radical (unpaired) electrons. The summed E-state index contributed by atoms with van der Waals surface area (Å²) in [5.41, 5.74) is 10.7. The Labute approximate surface area is 280 Å². The fraction of sp³-hybridized carbons (Fsp3) is 0.0250. The van der Waals surface area contributed by atoms with Gasteiger partial charge in [0, 0.05) is 52.4 Å². The quantitative estimate of drug-likeness (QED) is 0.143. The molecule has 8 rings (SSSR count). The first-order valence-corrected chi connectivity index (χ1v) is 15.7. The van der Waals surface area contributed by atoms with Crippen molar-refractivity contribution in [3.05, 3.63) is 148 Å². The first-order chi connectivity index (χ1) is 23.9. The molecular formula is C40H28N6O3. The first kappa shape index (κ1) is 29.5. The summed E-state index contributed by atoms with van der Waals surface area (Å²) in [5.74, 6) is -0.287. The van der Waals surface area contributed by atoms with Crippen LogP contribution in [0.15, 0.2) is 115 Å². The number of non-ortho nitro benzene ring substituents is 1. The van der Waals surface area contributed by atoms with Crippen molar-refractivity contribution in [2.45, 2.75) is 6.92 Å². The number of fused-ring (bicyclic) bond motifs is 8. The molecule has 49 heavy (non-hydrogen) atoms. The summed E-state index contributed by atoms with van der Waals surface area (Å²) in [6, 6.07) is 36.0. The number of nitrogens with zero attached hydrogens (tertiary/aromatic N) is 4. The van der Waals surface area contributed by atoms with Gasteiger partial charge < -0.3 is 9.97 Å². The average Bonchev–Trinajstić information content (AvgIpc) is 3.95. The number of nitro benzene ring substituents is 1. The predicted octanol–water partition coefficient (Wildman–Crippen LogP) is 9.58. The van der Waals surface area contributed by atoms with Gasteiger partial charge in [-0.15, -0.1) is 0 Å². The van der Waals surface area contributed by atoms with Gasteiger partial charge in [0.15, 0.2) is 0 Å². The maximum Gasteiger partial charge on any atom is 0.269 e. The molecule has 0 atom stereocenters. The summed E-state index contributed by atoms with van der Waals surface area (Å²) < 4.78 is 0. The summed E-state index contributed by atoms with van der Waals surface area (Å²) in [7, 11) is 0. The van der Waals surface area contributed by atoms with E-state index in [2.05, 4.69) is 9.97 Å². The van der Waals surface area contributed by atoms with Gasteiger partial charge in [-0.3, -0.25) is 19.8 Å². The van der Waals surface area contributed by atoms with Crippen LogP contribution >= 0.6 is 0 Å². The number of nitro groups is 1. The van der Waals surface area contributed by atoms with Gasteiger partial charge in [0.05, 0.1) is 38.9 Å². The Morgan fingerprint density at radius 2 is 1.22 bits per heavy atom. The van der Waals surface area contributed by atoms with Crippen LogP contribution < -0.4 is 4.90 Å². The highest BCUT2D eigenvalue weighted by Crippen LogP contribution is 2.38. The van der Waals surface area contributed by atoms with Gasteiger partial charge in [-0.2, -0.15) is 0 Å². The Morgan fingerprint density at radius 1 is 0.653 bits per heavy atom. The summed E-state index contributed by atoms with van der Waals surface area (Å²) in [6.45, 7) is 1.47. The normalized spacial score (nSPS) is 11.9. The number of hydrogen-bond acceptors (Lipinski definition) is 5. The van der Waals surface area contributed by atoms with E-state index in [0.29, 0.717) is 28.3 Å². The number of H-pyrrole nitrogens is 2. The van der Waals surface area contributed by atoms with Crippen LogP contribution in [0.4, 0.5) is 17.1 Å². The van der Waals surface area contributed by atoms with Crippen LogP contribution in [-0.4, -0.2) is 30.8 Å². The number of benzene rings is 3. The maximum absolute atomic E-state index is 13.6. The topological polar surface area (TPSA) is 121 Å². The Hall–Kier alpha value is -6.87. The highest BCUT2D eigenvalue weighted by Gasteiger charge is 2.23. The van der Waals surface area contributed by atoms with Crippen LogP contribution in [0.25, 0.3) is 68.6 Å². The molecule has 6 aromatic rings. The third kappa shape index (κ3) is 5.49. The van der Waals surface area contributed by atoms with Crippen molar-refractivity contribution in [3.8, 4) is 22.3 Å². The second-order valence-electron chi connectivity index (χ2n) is 11.7. The highest BCUT2D eigenvalue weighted by atomic mass is 16.6. The lowest BCUT2D eigenvalue weighted by molar-refractivity contribution is -0.384. The van der Waals surface area contributed by atoms with Crippen molar-refractivity contribution < 1.29 is 9.72 Å². The van der Waals surface area contributed by atoms with E-state index in [1.165, 1.54) is 19.1 Å². The maximum atomic E-state index is 13.6. The summed E-state index contributed by atoms with van der Waals surface area (Å²) in [6.07, 6.45) is 7.85.